The molecule has 0 saturated carbocycles. The molecule has 4 aromatic carbocycles. The maximum absolute atomic E-state index is 12.2. The number of aromatic nitrogens is 8. The number of nitrogens with one attached hydrogen (secondary N) is 7. The normalized spacial score (nSPS) is 11.5. The van der Waals surface area contributed by atoms with E-state index in [0.717, 1.165) is 83.2 Å². The molecule has 21 nitrogen and oxygen atoms in total. The van der Waals surface area contributed by atoms with E-state index in [-0.39, 0.29) is 22.9 Å². The number of methoxy groups -OCH3 is 1. The van der Waals surface area contributed by atoms with E-state index < -0.39 is 26.3 Å². The van der Waals surface area contributed by atoms with Crippen LogP contribution in [-0.2, 0) is 38.0 Å². The van der Waals surface area contributed by atoms with E-state index in [0.29, 0.717) is 47.0 Å². The maximum atomic E-state index is 12.2. The lowest BCUT2D eigenvalue weighted by Crippen LogP contribution is -2.14. The number of benzene rings is 4. The first kappa shape index (κ1) is 65.5. The molecule has 6 heterocycles. The molecule has 458 valence electrons. The Labute approximate surface area is 521 Å². The number of nitrogens with zero attached hydrogens (tertiary/aromatic N) is 8. The molecule has 26 heteroatoms. The standard InChI is InChI=1S/C22H22ClN4OPS.C22H30N5O2P.C18H19N6O3P/c1-14-25-20-10-17(7-8-21(20)30-14)26-19-11-22(24-12-18(19)23)27-16-6-4-5-15(9-16)13-29(2,3)28;1-22(2,3)21-18(12-24-27-21)26-17-11-20(23-13-19(17)29-4)25-16-9-7-8-15(10-16)14-30(5,6)28;1-28(2,27)15-7-5-14(6-8-15)22-18-21-12-16(24(25)26)17(23-18)20-11-13-4-3-9-19-10-13/h4-12H,13H2,1-3H3,(H2,24,26,27);7-13H,14H2,1-6H3,(H,24,27)(H2,23,25,26);3-10,12H,11H2,1-2H3,(H2,20,21,22,23). The van der Waals surface area contributed by atoms with E-state index in [2.05, 4.69) is 98.8 Å². The van der Waals surface area contributed by atoms with E-state index >= 15 is 0 Å². The highest BCUT2D eigenvalue weighted by atomic mass is 35.5. The average Bonchev–Trinajstić information content (AvgIpc) is 4.27. The number of thiazole rings is 1. The Bertz CT molecular complexity index is 4210. The first-order chi connectivity index (χ1) is 41.6. The summed E-state index contributed by atoms with van der Waals surface area (Å²) in [6.45, 7) is 19.3. The van der Waals surface area contributed by atoms with Crippen molar-refractivity contribution >= 4 is 129 Å². The summed E-state index contributed by atoms with van der Waals surface area (Å²) >= 11 is 8.05. The van der Waals surface area contributed by atoms with Gasteiger partial charge in [-0.3, -0.25) is 20.2 Å². The zero-order chi connectivity index (χ0) is 63.4. The molecule has 0 fully saturated rings. The number of halogens is 1. The third-order valence-corrected chi connectivity index (χ3v) is 17.8. The minimum Gasteiger partial charge on any atom is -0.493 e. The van der Waals surface area contributed by atoms with Gasteiger partial charge in [0.25, 0.3) is 0 Å². The van der Waals surface area contributed by atoms with E-state index in [1.807, 2.05) is 85.8 Å². The van der Waals surface area contributed by atoms with Gasteiger partial charge in [-0.15, -0.1) is 11.3 Å². The number of rotatable bonds is 20. The number of fused-ring (bicyclic) bond motifs is 1. The highest BCUT2D eigenvalue weighted by molar-refractivity contribution is 7.70. The van der Waals surface area contributed by atoms with Crippen LogP contribution in [0.2, 0.25) is 5.02 Å². The fourth-order valence-electron chi connectivity index (χ4n) is 8.84. The van der Waals surface area contributed by atoms with Crippen molar-refractivity contribution in [3.8, 4) is 5.75 Å². The van der Waals surface area contributed by atoms with Gasteiger partial charge in [0.05, 0.1) is 87.9 Å². The van der Waals surface area contributed by atoms with E-state index in [1.165, 1.54) is 0 Å². The summed E-state index contributed by atoms with van der Waals surface area (Å²) in [4.78, 5) is 36.4. The number of aromatic amines is 1. The van der Waals surface area contributed by atoms with Gasteiger partial charge >= 0.3 is 5.69 Å². The number of anilines is 11. The van der Waals surface area contributed by atoms with Gasteiger partial charge in [0.15, 0.2) is 5.75 Å². The molecule has 10 aromatic rings. The van der Waals surface area contributed by atoms with Crippen LogP contribution < -0.4 is 41.9 Å². The lowest BCUT2D eigenvalue weighted by molar-refractivity contribution is -0.384. The molecular formula is C62H71ClN15O6P3S. The zero-order valence-corrected chi connectivity index (χ0v) is 55.0. The number of aryl methyl sites for hydroxylation is 1. The number of ether oxygens (including phenoxy) is 1. The number of H-pyrrole nitrogens is 1. The quantitative estimate of drug-likeness (QED) is 0.0212. The van der Waals surface area contributed by atoms with Gasteiger partial charge in [-0.05, 0) is 136 Å². The molecule has 0 aliphatic carbocycles. The number of pyridine rings is 3. The first-order valence-corrected chi connectivity index (χ1v) is 37.0. The van der Waals surface area contributed by atoms with Crippen molar-refractivity contribution in [2.45, 2.75) is 52.0 Å². The third-order valence-electron chi connectivity index (χ3n) is 12.8. The lowest BCUT2D eigenvalue weighted by Gasteiger charge is -2.20. The van der Waals surface area contributed by atoms with Crippen LogP contribution in [0.15, 0.2) is 152 Å². The van der Waals surface area contributed by atoms with E-state index in [1.54, 1.807) is 120 Å². The molecule has 0 atom stereocenters. The fourth-order valence-corrected chi connectivity index (χ4v) is 12.8. The van der Waals surface area contributed by atoms with Crippen LogP contribution in [0, 0.1) is 17.0 Å². The minimum absolute atomic E-state index is 0.0847. The predicted octanol–water partition coefficient (Wildman–Crippen LogP) is 16.4. The first-order valence-electron chi connectivity index (χ1n) is 27.6. The van der Waals surface area contributed by atoms with Gasteiger partial charge in [-0.2, -0.15) is 10.1 Å². The fraction of sp³-hybridized carbons (Fsp3) is 0.242. The van der Waals surface area contributed by atoms with Crippen molar-refractivity contribution in [1.82, 2.24) is 40.1 Å². The van der Waals surface area contributed by atoms with Crippen molar-refractivity contribution in [1.29, 1.82) is 0 Å². The van der Waals surface area contributed by atoms with Crippen molar-refractivity contribution < 1.29 is 23.4 Å². The molecule has 7 N–H and O–H groups in total. The molecule has 0 spiro atoms. The van der Waals surface area contributed by atoms with Crippen LogP contribution in [-0.4, -0.2) is 92.1 Å². The molecule has 6 aromatic heterocycles. The topological polar surface area (TPSA) is 282 Å². The van der Waals surface area contributed by atoms with Crippen LogP contribution in [0.5, 0.6) is 5.75 Å². The summed E-state index contributed by atoms with van der Waals surface area (Å²) in [6, 6.07) is 36.4. The summed E-state index contributed by atoms with van der Waals surface area (Å²) in [6.07, 6.45) is 10.7. The Morgan fingerprint density at radius 1 is 0.648 bits per heavy atom. The predicted molar refractivity (Wildman–Crippen MR) is 363 cm³/mol. The molecular weight excluding hydrogens is 1210 g/mol. The minimum atomic E-state index is -2.33. The lowest BCUT2D eigenvalue weighted by atomic mass is 9.91. The zero-order valence-electron chi connectivity index (χ0n) is 50.7. The highest BCUT2D eigenvalue weighted by Gasteiger charge is 2.22. The van der Waals surface area contributed by atoms with Crippen LogP contribution in [0.1, 0.15) is 48.2 Å². The molecule has 0 bridgehead atoms. The van der Waals surface area contributed by atoms with E-state index in [4.69, 9.17) is 16.3 Å². The maximum Gasteiger partial charge on any atom is 0.329 e. The van der Waals surface area contributed by atoms with Crippen molar-refractivity contribution in [2.75, 3.05) is 79.0 Å². The molecule has 10 rings (SSSR count). The summed E-state index contributed by atoms with van der Waals surface area (Å²) in [5.74, 6) is 2.29. The van der Waals surface area contributed by atoms with Crippen LogP contribution in [0.3, 0.4) is 0 Å². The van der Waals surface area contributed by atoms with Crippen LogP contribution in [0.4, 0.5) is 68.9 Å². The van der Waals surface area contributed by atoms with Crippen LogP contribution >= 0.6 is 44.4 Å². The smallest absolute Gasteiger partial charge is 0.329 e. The molecule has 0 radical (unpaired) electrons. The van der Waals surface area contributed by atoms with Gasteiger partial charge < -0.3 is 50.3 Å². The summed E-state index contributed by atoms with van der Waals surface area (Å²) in [5.41, 5.74) is 10.4. The second-order valence-corrected chi connectivity index (χ2v) is 34.7. The number of hydrogen-bond acceptors (Lipinski definition) is 20. The Balaban J connectivity index is 0.000000171. The largest absolute Gasteiger partial charge is 0.493 e. The Morgan fingerprint density at radius 3 is 1.85 bits per heavy atom. The van der Waals surface area contributed by atoms with Gasteiger partial charge in [-0.1, -0.05) is 62.7 Å². The second-order valence-electron chi connectivity index (χ2n) is 22.9. The Hall–Kier alpha value is -8.51. The molecule has 0 aliphatic heterocycles. The SMILES string of the molecule is COc1cnc(Nc2cccc(CP(C)(C)=O)c2)cc1Nc1cn[nH]c1C(C)(C)C.CP(C)(=O)c1ccc(Nc2ncc([N+](=O)[O-])c(NCc3cccnc3)n2)cc1.Cc1nc2cc(Nc3cc(Nc4cccc(CP(C)(C)=O)c4)ncc3Cl)ccc2s1. The van der Waals surface area contributed by atoms with Crippen molar-refractivity contribution in [3.05, 3.63) is 195 Å². The Morgan fingerprint density at radius 2 is 1.26 bits per heavy atom. The average molecular weight is 1280 g/mol. The Kier molecular flexibility index (Phi) is 21.2. The molecule has 0 amide bonds. The van der Waals surface area contributed by atoms with Gasteiger partial charge in [0.1, 0.15) is 25.0 Å². The monoisotopic (exact) mass is 1280 g/mol. The van der Waals surface area contributed by atoms with Gasteiger partial charge in [-0.25, -0.2) is 19.9 Å². The summed E-state index contributed by atoms with van der Waals surface area (Å²) < 4.78 is 43.0. The third kappa shape index (κ3) is 19.5. The van der Waals surface area contributed by atoms with Gasteiger partial charge in [0, 0.05) is 76.9 Å². The molecule has 0 saturated heterocycles. The van der Waals surface area contributed by atoms with Crippen molar-refractivity contribution in [2.24, 2.45) is 0 Å². The van der Waals surface area contributed by atoms with E-state index in [9.17, 15) is 23.8 Å². The second kappa shape index (κ2) is 28.5. The van der Waals surface area contributed by atoms with Gasteiger partial charge in [0.2, 0.25) is 11.8 Å². The molecule has 0 aliphatic rings. The van der Waals surface area contributed by atoms with Crippen LogP contribution in [0.25, 0.3) is 10.2 Å². The molecule has 88 heavy (non-hydrogen) atoms. The highest BCUT2D eigenvalue weighted by Crippen LogP contribution is 2.43. The number of nitro groups is 1. The number of hydrogen-bond donors (Lipinski definition) is 7. The van der Waals surface area contributed by atoms with Crippen molar-refractivity contribution in [3.63, 3.8) is 0 Å². The summed E-state index contributed by atoms with van der Waals surface area (Å²) in [5, 5.41) is 40.2. The summed E-state index contributed by atoms with van der Waals surface area (Å²) in [7, 11) is -4.99. The molecule has 0 unspecified atom stereocenters.